The summed E-state index contributed by atoms with van der Waals surface area (Å²) >= 11 is 1.48. The maximum absolute atomic E-state index is 12.4. The molecule has 0 bridgehead atoms. The summed E-state index contributed by atoms with van der Waals surface area (Å²) in [6, 6.07) is 7.57. The van der Waals surface area contributed by atoms with Gasteiger partial charge < -0.3 is 14.8 Å². The second-order valence-electron chi connectivity index (χ2n) is 6.52. The van der Waals surface area contributed by atoms with Crippen LogP contribution in [-0.4, -0.2) is 25.1 Å². The van der Waals surface area contributed by atoms with E-state index in [0.29, 0.717) is 23.8 Å². The van der Waals surface area contributed by atoms with E-state index in [1.54, 1.807) is 13.0 Å². The van der Waals surface area contributed by atoms with Gasteiger partial charge in [-0.15, -0.1) is 11.3 Å². The summed E-state index contributed by atoms with van der Waals surface area (Å²) in [4.78, 5) is 25.9. The van der Waals surface area contributed by atoms with Crippen LogP contribution in [0.25, 0.3) is 6.08 Å². The Labute approximate surface area is 169 Å². The molecule has 0 atom stereocenters. The highest BCUT2D eigenvalue weighted by Crippen LogP contribution is 2.39. The molecular formula is C22H25NO4S. The smallest absolute Gasteiger partial charge is 0.341 e. The first-order chi connectivity index (χ1) is 13.6. The molecule has 1 aliphatic rings. The van der Waals surface area contributed by atoms with Crippen LogP contribution in [0.5, 0.6) is 5.75 Å². The van der Waals surface area contributed by atoms with Gasteiger partial charge in [-0.25, -0.2) is 4.79 Å². The largest absolute Gasteiger partial charge is 0.494 e. The van der Waals surface area contributed by atoms with Crippen molar-refractivity contribution < 1.29 is 19.1 Å². The van der Waals surface area contributed by atoms with Gasteiger partial charge in [-0.1, -0.05) is 19.1 Å². The van der Waals surface area contributed by atoms with Gasteiger partial charge in [0.1, 0.15) is 10.8 Å². The number of carbonyl (C=O) groups is 2. The minimum absolute atomic E-state index is 0.267. The van der Waals surface area contributed by atoms with Crippen LogP contribution in [-0.2, 0) is 22.4 Å². The zero-order valence-corrected chi connectivity index (χ0v) is 17.1. The number of esters is 1. The minimum Gasteiger partial charge on any atom is -0.494 e. The van der Waals surface area contributed by atoms with Crippen LogP contribution in [0.15, 0.2) is 30.3 Å². The molecule has 2 aromatic rings. The van der Waals surface area contributed by atoms with Crippen LogP contribution < -0.4 is 10.1 Å². The predicted octanol–water partition coefficient (Wildman–Crippen LogP) is 4.85. The van der Waals surface area contributed by atoms with Crippen LogP contribution in [0, 0.1) is 0 Å². The van der Waals surface area contributed by atoms with E-state index in [1.807, 2.05) is 24.3 Å². The number of amides is 1. The highest BCUT2D eigenvalue weighted by molar-refractivity contribution is 7.17. The lowest BCUT2D eigenvalue weighted by Crippen LogP contribution is -2.13. The van der Waals surface area contributed by atoms with E-state index in [9.17, 15) is 9.59 Å². The minimum atomic E-state index is -0.358. The number of aryl methyl sites for hydroxylation is 1. The Hall–Kier alpha value is -2.60. The van der Waals surface area contributed by atoms with Crippen LogP contribution in [0.4, 0.5) is 5.00 Å². The Balaban J connectivity index is 1.68. The number of rotatable bonds is 8. The zero-order chi connectivity index (χ0) is 19.9. The molecule has 5 nitrogen and oxygen atoms in total. The van der Waals surface area contributed by atoms with Crippen molar-refractivity contribution in [2.24, 2.45) is 0 Å². The number of benzene rings is 1. The molecule has 0 saturated heterocycles. The van der Waals surface area contributed by atoms with Gasteiger partial charge in [0, 0.05) is 11.0 Å². The molecule has 148 valence electrons. The highest BCUT2D eigenvalue weighted by atomic mass is 32.1. The zero-order valence-electron chi connectivity index (χ0n) is 16.2. The lowest BCUT2D eigenvalue weighted by molar-refractivity contribution is -0.111. The lowest BCUT2D eigenvalue weighted by atomic mass is 10.1. The molecule has 0 radical (unpaired) electrons. The molecular weight excluding hydrogens is 374 g/mol. The Morgan fingerprint density at radius 2 is 1.96 bits per heavy atom. The number of hydrogen-bond acceptors (Lipinski definition) is 5. The molecule has 3 rings (SSSR count). The van der Waals surface area contributed by atoms with Gasteiger partial charge in [-0.05, 0) is 61.9 Å². The fraction of sp³-hybridized carbons (Fsp3) is 0.364. The summed E-state index contributed by atoms with van der Waals surface area (Å²) in [6.07, 6.45) is 7.02. The molecule has 0 unspecified atom stereocenters. The van der Waals surface area contributed by atoms with E-state index >= 15 is 0 Å². The third kappa shape index (κ3) is 4.81. The van der Waals surface area contributed by atoms with Gasteiger partial charge in [0.25, 0.3) is 0 Å². The first kappa shape index (κ1) is 20.1. The van der Waals surface area contributed by atoms with Crippen LogP contribution in [0.1, 0.15) is 53.1 Å². The molecule has 1 amide bonds. The molecule has 1 N–H and O–H groups in total. The first-order valence-corrected chi connectivity index (χ1v) is 10.5. The third-order valence-corrected chi connectivity index (χ3v) is 5.62. The number of ether oxygens (including phenoxy) is 2. The molecule has 1 aliphatic carbocycles. The van der Waals surface area contributed by atoms with E-state index in [1.165, 1.54) is 22.3 Å². The quantitative estimate of drug-likeness (QED) is 0.509. The van der Waals surface area contributed by atoms with Crippen LogP contribution in [0.2, 0.25) is 0 Å². The summed E-state index contributed by atoms with van der Waals surface area (Å²) in [5.41, 5.74) is 2.46. The van der Waals surface area contributed by atoms with Gasteiger partial charge in [0.15, 0.2) is 0 Å². The Kier molecular flexibility index (Phi) is 6.87. The van der Waals surface area contributed by atoms with Gasteiger partial charge >= 0.3 is 5.97 Å². The summed E-state index contributed by atoms with van der Waals surface area (Å²) in [6.45, 7) is 4.84. The Morgan fingerprint density at radius 3 is 2.68 bits per heavy atom. The predicted molar refractivity (Wildman–Crippen MR) is 112 cm³/mol. The molecule has 0 aliphatic heterocycles. The van der Waals surface area contributed by atoms with Crippen LogP contribution >= 0.6 is 11.3 Å². The van der Waals surface area contributed by atoms with E-state index in [4.69, 9.17) is 9.47 Å². The monoisotopic (exact) mass is 399 g/mol. The normalized spacial score (nSPS) is 12.8. The van der Waals surface area contributed by atoms with Crippen molar-refractivity contribution in [3.8, 4) is 5.75 Å². The maximum atomic E-state index is 12.4. The van der Waals surface area contributed by atoms with Crippen molar-refractivity contribution in [3.63, 3.8) is 0 Å². The fourth-order valence-electron chi connectivity index (χ4n) is 3.13. The molecule has 0 saturated carbocycles. The number of anilines is 1. The summed E-state index contributed by atoms with van der Waals surface area (Å²) < 4.78 is 10.7. The maximum Gasteiger partial charge on any atom is 0.341 e. The van der Waals surface area contributed by atoms with Crippen molar-refractivity contribution in [1.82, 2.24) is 0 Å². The molecule has 28 heavy (non-hydrogen) atoms. The van der Waals surface area contributed by atoms with Gasteiger partial charge in [0.2, 0.25) is 5.91 Å². The second kappa shape index (κ2) is 9.55. The molecule has 1 aromatic carbocycles. The first-order valence-electron chi connectivity index (χ1n) is 9.66. The van der Waals surface area contributed by atoms with Crippen molar-refractivity contribution in [2.45, 2.75) is 39.5 Å². The lowest BCUT2D eigenvalue weighted by Gasteiger charge is -2.06. The van der Waals surface area contributed by atoms with Crippen molar-refractivity contribution in [1.29, 1.82) is 0 Å². The van der Waals surface area contributed by atoms with Crippen molar-refractivity contribution in [2.75, 3.05) is 18.5 Å². The molecule has 0 fully saturated rings. The van der Waals surface area contributed by atoms with Gasteiger partial charge in [-0.2, -0.15) is 0 Å². The third-order valence-electron chi connectivity index (χ3n) is 4.42. The highest BCUT2D eigenvalue weighted by Gasteiger charge is 2.27. The van der Waals surface area contributed by atoms with Crippen molar-refractivity contribution >= 4 is 34.3 Å². The fourth-order valence-corrected chi connectivity index (χ4v) is 4.41. The number of hydrogen-bond donors (Lipinski definition) is 1. The molecule has 1 heterocycles. The Bertz CT molecular complexity index is 867. The van der Waals surface area contributed by atoms with Gasteiger partial charge in [0.05, 0.1) is 18.8 Å². The molecule has 6 heteroatoms. The van der Waals surface area contributed by atoms with Crippen molar-refractivity contribution in [3.05, 3.63) is 51.9 Å². The standard InChI is InChI=1S/C22H25NO4S/c1-3-14-27-16-11-8-15(9-12-16)10-13-19(24)23-21-20(22(25)26-4-2)17-6-5-7-18(17)28-21/h8-13H,3-7,14H2,1-2H3,(H,23,24). The van der Waals surface area contributed by atoms with E-state index in [-0.39, 0.29) is 11.9 Å². The summed E-state index contributed by atoms with van der Waals surface area (Å²) in [5.74, 6) is 0.191. The number of fused-ring (bicyclic) bond motifs is 1. The number of carbonyl (C=O) groups excluding carboxylic acids is 2. The van der Waals surface area contributed by atoms with Gasteiger partial charge in [-0.3, -0.25) is 4.79 Å². The second-order valence-corrected chi connectivity index (χ2v) is 7.63. The van der Waals surface area contributed by atoms with Crippen LogP contribution in [0.3, 0.4) is 0 Å². The van der Waals surface area contributed by atoms with E-state index < -0.39 is 0 Å². The SMILES string of the molecule is CCCOc1ccc(C=CC(=O)Nc2sc3c(c2C(=O)OCC)CCC3)cc1. The molecule has 0 spiro atoms. The van der Waals surface area contributed by atoms with E-state index in [0.717, 1.165) is 42.6 Å². The number of thiophene rings is 1. The summed E-state index contributed by atoms with van der Waals surface area (Å²) in [7, 11) is 0. The average Bonchev–Trinajstić information content (AvgIpc) is 3.26. The topological polar surface area (TPSA) is 64.6 Å². The Morgan fingerprint density at radius 1 is 1.18 bits per heavy atom. The molecule has 1 aromatic heterocycles. The average molecular weight is 400 g/mol. The summed E-state index contributed by atoms with van der Waals surface area (Å²) in [5, 5.41) is 3.44. The number of nitrogens with one attached hydrogen (secondary N) is 1. The van der Waals surface area contributed by atoms with E-state index in [2.05, 4.69) is 12.2 Å².